The maximum absolute atomic E-state index is 12.5. The highest BCUT2D eigenvalue weighted by atomic mass is 35.5. The number of sulfone groups is 1. The molecule has 0 amide bonds. The van der Waals surface area contributed by atoms with Crippen LogP contribution in [0.25, 0.3) is 22.4 Å². The Morgan fingerprint density at radius 1 is 0.920 bits per heavy atom. The maximum Gasteiger partial charge on any atom is 0.178 e. The van der Waals surface area contributed by atoms with E-state index in [2.05, 4.69) is 9.97 Å². The Labute approximate surface area is 158 Å². The van der Waals surface area contributed by atoms with Crippen molar-refractivity contribution in [1.29, 1.82) is 0 Å². The first-order valence-electron chi connectivity index (χ1n) is 7.25. The van der Waals surface area contributed by atoms with E-state index >= 15 is 0 Å². The second kappa shape index (κ2) is 7.52. The van der Waals surface area contributed by atoms with E-state index in [1.807, 2.05) is 49.4 Å². The lowest BCUT2D eigenvalue weighted by atomic mass is 10.0. The molecule has 0 atom stereocenters. The van der Waals surface area contributed by atoms with Crippen molar-refractivity contribution < 1.29 is 8.42 Å². The first-order valence-corrected chi connectivity index (χ1v) is 9.52. The van der Waals surface area contributed by atoms with Gasteiger partial charge in [0.25, 0.3) is 0 Å². The van der Waals surface area contributed by atoms with Crippen LogP contribution >= 0.6 is 24.0 Å². The highest BCUT2D eigenvalue weighted by molar-refractivity contribution is 7.91. The van der Waals surface area contributed by atoms with Crippen molar-refractivity contribution in [3.05, 3.63) is 65.6 Å². The molecule has 0 N–H and O–H groups in total. The first-order chi connectivity index (χ1) is 11.4. The van der Waals surface area contributed by atoms with Crippen LogP contribution in [0, 0.1) is 6.92 Å². The first kappa shape index (κ1) is 19.4. The molecule has 0 spiro atoms. The SMILES string of the molecule is Cc1ccc(-c2ncc(Cl)c(-c3ccccc3)c2S(C)(=O)=O)cn1.Cl. The average Bonchev–Trinajstić information content (AvgIpc) is 2.55. The summed E-state index contributed by atoms with van der Waals surface area (Å²) < 4.78 is 25.0. The third kappa shape index (κ3) is 4.00. The van der Waals surface area contributed by atoms with Crippen LogP contribution in [-0.2, 0) is 9.84 Å². The van der Waals surface area contributed by atoms with Crippen LogP contribution < -0.4 is 0 Å². The van der Waals surface area contributed by atoms with Crippen molar-refractivity contribution in [3.63, 3.8) is 0 Å². The van der Waals surface area contributed by atoms with E-state index in [-0.39, 0.29) is 17.3 Å². The lowest BCUT2D eigenvalue weighted by Gasteiger charge is -2.14. The lowest BCUT2D eigenvalue weighted by molar-refractivity contribution is 0.602. The number of hydrogen-bond acceptors (Lipinski definition) is 4. The van der Waals surface area contributed by atoms with Gasteiger partial charge in [-0.05, 0) is 24.6 Å². The van der Waals surface area contributed by atoms with Gasteiger partial charge in [-0.3, -0.25) is 9.97 Å². The van der Waals surface area contributed by atoms with E-state index in [0.29, 0.717) is 21.8 Å². The van der Waals surface area contributed by atoms with Crippen LogP contribution in [0.15, 0.2) is 59.8 Å². The topological polar surface area (TPSA) is 59.9 Å². The molecule has 0 radical (unpaired) electrons. The van der Waals surface area contributed by atoms with Crippen LogP contribution in [0.4, 0.5) is 0 Å². The molecule has 0 aliphatic heterocycles. The number of hydrogen-bond donors (Lipinski definition) is 0. The Morgan fingerprint density at radius 3 is 2.16 bits per heavy atom. The van der Waals surface area contributed by atoms with Crippen molar-refractivity contribution in [2.75, 3.05) is 6.26 Å². The summed E-state index contributed by atoms with van der Waals surface area (Å²) in [7, 11) is -3.57. The fourth-order valence-electron chi connectivity index (χ4n) is 2.52. The van der Waals surface area contributed by atoms with Gasteiger partial charge in [-0.1, -0.05) is 41.9 Å². The normalized spacial score (nSPS) is 11.0. The molecule has 0 fully saturated rings. The second-order valence-corrected chi connectivity index (χ2v) is 7.85. The average molecular weight is 395 g/mol. The van der Waals surface area contributed by atoms with Gasteiger partial charge in [-0.15, -0.1) is 12.4 Å². The van der Waals surface area contributed by atoms with Crippen LogP contribution in [0.2, 0.25) is 5.02 Å². The number of pyridine rings is 2. The summed E-state index contributed by atoms with van der Waals surface area (Å²) in [5.74, 6) is 0. The van der Waals surface area contributed by atoms with E-state index in [4.69, 9.17) is 11.6 Å². The Kier molecular flexibility index (Phi) is 5.83. The number of aromatic nitrogens is 2. The number of nitrogens with zero attached hydrogens (tertiary/aromatic N) is 2. The summed E-state index contributed by atoms with van der Waals surface area (Å²) in [6.45, 7) is 1.87. The van der Waals surface area contributed by atoms with Crippen LogP contribution in [-0.4, -0.2) is 24.6 Å². The molecule has 0 unspecified atom stereocenters. The molecule has 0 saturated heterocycles. The predicted molar refractivity (Wildman–Crippen MR) is 103 cm³/mol. The summed E-state index contributed by atoms with van der Waals surface area (Å²) in [4.78, 5) is 8.63. The molecular weight excluding hydrogens is 379 g/mol. The molecule has 0 bridgehead atoms. The van der Waals surface area contributed by atoms with Crippen molar-refractivity contribution in [2.24, 2.45) is 0 Å². The van der Waals surface area contributed by atoms with Crippen molar-refractivity contribution in [3.8, 4) is 22.4 Å². The van der Waals surface area contributed by atoms with Gasteiger partial charge in [0.1, 0.15) is 4.90 Å². The smallest absolute Gasteiger partial charge is 0.178 e. The molecule has 7 heteroatoms. The fourth-order valence-corrected chi connectivity index (χ4v) is 3.95. The highest BCUT2D eigenvalue weighted by Crippen LogP contribution is 2.38. The Hall–Kier alpha value is -1.95. The minimum atomic E-state index is -3.57. The van der Waals surface area contributed by atoms with Gasteiger partial charge in [0.15, 0.2) is 9.84 Å². The van der Waals surface area contributed by atoms with Gasteiger partial charge in [-0.25, -0.2) is 8.42 Å². The molecule has 0 saturated carbocycles. The molecule has 0 aliphatic carbocycles. The standard InChI is InChI=1S/C18H15ClN2O2S.ClH/c1-12-8-9-14(10-20-12)17-18(24(2,22)23)16(15(19)11-21-17)13-6-4-3-5-7-13;/h3-11H,1-2H3;1H. The van der Waals surface area contributed by atoms with E-state index in [1.165, 1.54) is 6.20 Å². The number of rotatable bonds is 3. The zero-order chi connectivity index (χ0) is 17.3. The molecule has 130 valence electrons. The van der Waals surface area contributed by atoms with E-state index < -0.39 is 9.84 Å². The summed E-state index contributed by atoms with van der Waals surface area (Å²) in [5, 5.41) is 0.297. The molecule has 1 aromatic carbocycles. The summed E-state index contributed by atoms with van der Waals surface area (Å²) in [6.07, 6.45) is 4.26. The molecule has 2 aromatic heterocycles. The van der Waals surface area contributed by atoms with Crippen molar-refractivity contribution in [1.82, 2.24) is 9.97 Å². The molecule has 0 aliphatic rings. The molecule has 3 aromatic rings. The molecular formula is C18H16Cl2N2O2S. The van der Waals surface area contributed by atoms with Gasteiger partial charge in [0, 0.05) is 35.5 Å². The van der Waals surface area contributed by atoms with Gasteiger partial charge >= 0.3 is 0 Å². The minimum absolute atomic E-state index is 0. The summed E-state index contributed by atoms with van der Waals surface area (Å²) >= 11 is 6.31. The third-order valence-corrected chi connectivity index (χ3v) is 5.03. The Bertz CT molecular complexity index is 990. The van der Waals surface area contributed by atoms with Gasteiger partial charge in [0.2, 0.25) is 0 Å². The van der Waals surface area contributed by atoms with Crippen LogP contribution in [0.5, 0.6) is 0 Å². The Morgan fingerprint density at radius 2 is 1.60 bits per heavy atom. The summed E-state index contributed by atoms with van der Waals surface area (Å²) in [6, 6.07) is 12.8. The fraction of sp³-hybridized carbons (Fsp3) is 0.111. The van der Waals surface area contributed by atoms with Crippen LogP contribution in [0.1, 0.15) is 5.69 Å². The van der Waals surface area contributed by atoms with E-state index in [9.17, 15) is 8.42 Å². The largest absolute Gasteiger partial charge is 0.261 e. The maximum atomic E-state index is 12.5. The quantitative estimate of drug-likeness (QED) is 0.651. The van der Waals surface area contributed by atoms with E-state index in [1.54, 1.807) is 6.20 Å². The highest BCUT2D eigenvalue weighted by Gasteiger charge is 2.24. The number of aryl methyl sites for hydroxylation is 1. The van der Waals surface area contributed by atoms with Gasteiger partial charge < -0.3 is 0 Å². The monoisotopic (exact) mass is 394 g/mol. The van der Waals surface area contributed by atoms with E-state index in [0.717, 1.165) is 17.5 Å². The summed E-state index contributed by atoms with van der Waals surface area (Å²) in [5.41, 5.74) is 3.03. The third-order valence-electron chi connectivity index (χ3n) is 3.61. The zero-order valence-electron chi connectivity index (χ0n) is 13.6. The zero-order valence-corrected chi connectivity index (χ0v) is 16.0. The lowest BCUT2D eigenvalue weighted by Crippen LogP contribution is -2.05. The number of halogens is 2. The number of benzene rings is 1. The predicted octanol–water partition coefficient (Wildman–Crippen LogP) is 4.60. The Balaban J connectivity index is 0.00000225. The molecule has 3 rings (SSSR count). The van der Waals surface area contributed by atoms with Gasteiger partial charge in [-0.2, -0.15) is 0 Å². The molecule has 25 heavy (non-hydrogen) atoms. The van der Waals surface area contributed by atoms with Crippen LogP contribution in [0.3, 0.4) is 0 Å². The minimum Gasteiger partial charge on any atom is -0.261 e. The van der Waals surface area contributed by atoms with Crippen molar-refractivity contribution in [2.45, 2.75) is 11.8 Å². The van der Waals surface area contributed by atoms with Crippen molar-refractivity contribution >= 4 is 33.8 Å². The molecule has 4 nitrogen and oxygen atoms in total. The van der Waals surface area contributed by atoms with Gasteiger partial charge in [0.05, 0.1) is 10.7 Å². The molecule has 2 heterocycles. The second-order valence-electron chi connectivity index (χ2n) is 5.49.